The third kappa shape index (κ3) is 10.1. The first-order valence-electron chi connectivity index (χ1n) is 17.9. The molecule has 1 unspecified atom stereocenters. The van der Waals surface area contributed by atoms with E-state index < -0.39 is 65.7 Å². The molecule has 54 heavy (non-hydrogen) atoms. The lowest BCUT2D eigenvalue weighted by molar-refractivity contribution is -0.162. The van der Waals surface area contributed by atoms with E-state index in [1.54, 1.807) is 73.8 Å². The Hall–Kier alpha value is -2.95. The number of alkyl carbamates (subject to hydrolysis) is 1. The monoisotopic (exact) mass is 811 g/mol. The number of carbonyl (C=O) groups excluding carboxylic acids is 4. The number of epoxide rings is 1. The number of allylic oxidation sites excluding steroid dienone is 3. The molecular weight excluding hydrogens is 758 g/mol. The van der Waals surface area contributed by atoms with Crippen LogP contribution in [-0.4, -0.2) is 115 Å². The van der Waals surface area contributed by atoms with Crippen molar-refractivity contribution >= 4 is 62.8 Å². The molecule has 300 valence electrons. The number of anilines is 1. The summed E-state index contributed by atoms with van der Waals surface area (Å²) in [5, 5.41) is 14.8. The van der Waals surface area contributed by atoms with Crippen molar-refractivity contribution in [2.75, 3.05) is 39.5 Å². The van der Waals surface area contributed by atoms with Gasteiger partial charge in [-0.2, -0.15) is 0 Å². The predicted octanol–water partition coefficient (Wildman–Crippen LogP) is 5.69. The number of methoxy groups -OCH3 is 2. The minimum Gasteiger partial charge on any atom is -0.495 e. The highest BCUT2D eigenvalue weighted by Crippen LogP contribution is 2.49. The maximum atomic E-state index is 14.2. The number of hydrogen-bond donors (Lipinski definition) is 2. The number of halogens is 1. The van der Waals surface area contributed by atoms with Crippen LogP contribution in [0.3, 0.4) is 0 Å². The van der Waals surface area contributed by atoms with E-state index in [-0.39, 0.29) is 35.4 Å². The molecule has 2 fully saturated rings. The van der Waals surface area contributed by atoms with E-state index in [0.29, 0.717) is 24.3 Å². The standard InChI is InChI=1S/C38H54ClN3O10S2/c1-21-12-11-13-29(49-9)38(47)20-28(50-36(46)40-38)23(3)34-37(5,52-34)30(51-35(45)24(4)41(6)31(43)15-14-22(2)54-53-10)19-32(44)42(7)26-17-25(16-21)18-27(48-8)33(26)39/h11-13,17-18,22-24,28-30,34,47H,14-16,19-20H2,1-10H3,(H,40,46)/t22?,23-,24+,28+,29-,30+,34+,37+,38+/m1/s1. The van der Waals surface area contributed by atoms with Crippen molar-refractivity contribution in [3.05, 3.63) is 46.5 Å². The topological polar surface area (TPSA) is 156 Å². The maximum Gasteiger partial charge on any atom is 0.409 e. The molecule has 4 rings (SSSR count). The lowest BCUT2D eigenvalue weighted by Gasteiger charge is -2.42. The summed E-state index contributed by atoms with van der Waals surface area (Å²) < 4.78 is 29.3. The number of fused-ring (bicyclic) bond motifs is 5. The zero-order chi connectivity index (χ0) is 40.1. The number of aliphatic hydroxyl groups is 1. The van der Waals surface area contributed by atoms with Crippen LogP contribution in [-0.2, 0) is 39.8 Å². The number of carbonyl (C=O) groups is 4. The van der Waals surface area contributed by atoms with Crippen LogP contribution in [0.4, 0.5) is 10.5 Å². The Bertz CT molecular complexity index is 1630. The fourth-order valence-corrected chi connectivity index (χ4v) is 9.06. The summed E-state index contributed by atoms with van der Waals surface area (Å²) in [7, 11) is 9.38. The molecule has 0 spiro atoms. The van der Waals surface area contributed by atoms with Gasteiger partial charge in [-0.05, 0) is 57.6 Å². The number of esters is 1. The molecule has 0 aromatic heterocycles. The summed E-state index contributed by atoms with van der Waals surface area (Å²) in [4.78, 5) is 56.7. The molecule has 13 nitrogen and oxygen atoms in total. The van der Waals surface area contributed by atoms with Gasteiger partial charge < -0.3 is 38.6 Å². The zero-order valence-electron chi connectivity index (χ0n) is 32.7. The minimum absolute atomic E-state index is 0.0460. The number of ether oxygens (including phenoxy) is 5. The van der Waals surface area contributed by atoms with Crippen LogP contribution in [0.2, 0.25) is 5.02 Å². The van der Waals surface area contributed by atoms with E-state index in [0.717, 1.165) is 11.1 Å². The van der Waals surface area contributed by atoms with Gasteiger partial charge in [0.1, 0.15) is 40.7 Å². The van der Waals surface area contributed by atoms with Crippen molar-refractivity contribution in [1.29, 1.82) is 0 Å². The van der Waals surface area contributed by atoms with Gasteiger partial charge in [-0.3, -0.25) is 14.9 Å². The third-order valence-corrected chi connectivity index (χ3v) is 13.2. The van der Waals surface area contributed by atoms with Crippen molar-refractivity contribution in [3.63, 3.8) is 0 Å². The average molecular weight is 812 g/mol. The van der Waals surface area contributed by atoms with Gasteiger partial charge in [0.15, 0.2) is 5.72 Å². The van der Waals surface area contributed by atoms with Gasteiger partial charge in [-0.1, -0.05) is 70.8 Å². The molecule has 1 aromatic rings. The second-order valence-corrected chi connectivity index (χ2v) is 17.8. The van der Waals surface area contributed by atoms with Crippen molar-refractivity contribution in [2.45, 2.75) is 114 Å². The Morgan fingerprint density at radius 1 is 1.24 bits per heavy atom. The number of likely N-dealkylation sites (N-methyl/N-ethyl adjacent to an activating group) is 1. The van der Waals surface area contributed by atoms with Gasteiger partial charge in [-0.15, -0.1) is 0 Å². The van der Waals surface area contributed by atoms with E-state index in [2.05, 4.69) is 5.32 Å². The average Bonchev–Trinajstić information content (AvgIpc) is 3.82. The van der Waals surface area contributed by atoms with Crippen LogP contribution in [0.15, 0.2) is 35.9 Å². The van der Waals surface area contributed by atoms with Crippen LogP contribution >= 0.6 is 33.2 Å². The molecule has 1 aromatic carbocycles. The summed E-state index contributed by atoms with van der Waals surface area (Å²) in [5.41, 5.74) is -0.890. The van der Waals surface area contributed by atoms with E-state index >= 15 is 0 Å². The first kappa shape index (κ1) is 43.8. The molecule has 3 aliphatic heterocycles. The molecule has 3 amide bonds. The fourth-order valence-electron chi connectivity index (χ4n) is 6.93. The van der Waals surface area contributed by atoms with Crippen molar-refractivity contribution in [1.82, 2.24) is 10.2 Å². The van der Waals surface area contributed by atoms with E-state index in [1.165, 1.54) is 24.0 Å². The van der Waals surface area contributed by atoms with Crippen LogP contribution in [0, 0.1) is 5.92 Å². The lowest BCUT2D eigenvalue weighted by atomic mass is 9.83. The van der Waals surface area contributed by atoms with Crippen LogP contribution in [0.25, 0.3) is 0 Å². The Labute approximate surface area is 331 Å². The highest BCUT2D eigenvalue weighted by Gasteiger charge is 2.64. The Balaban J connectivity index is 1.72. The first-order chi connectivity index (χ1) is 25.4. The number of rotatable bonds is 10. The van der Waals surface area contributed by atoms with Gasteiger partial charge in [-0.25, -0.2) is 9.59 Å². The van der Waals surface area contributed by atoms with Gasteiger partial charge in [0.05, 0.1) is 25.3 Å². The van der Waals surface area contributed by atoms with Gasteiger partial charge in [0, 0.05) is 45.2 Å². The number of nitrogens with one attached hydrogen (secondary N) is 1. The number of benzene rings is 1. The van der Waals surface area contributed by atoms with Gasteiger partial charge in [0.2, 0.25) is 11.8 Å². The summed E-state index contributed by atoms with van der Waals surface area (Å²) in [6, 6.07) is 2.63. The zero-order valence-corrected chi connectivity index (χ0v) is 35.1. The minimum atomic E-state index is -1.82. The normalized spacial score (nSPS) is 29.9. The molecule has 4 bridgehead atoms. The predicted molar refractivity (Wildman–Crippen MR) is 211 cm³/mol. The van der Waals surface area contributed by atoms with Crippen molar-refractivity contribution in [2.24, 2.45) is 5.92 Å². The Kier molecular flexibility index (Phi) is 14.9. The molecule has 3 aliphatic rings. The highest BCUT2D eigenvalue weighted by atomic mass is 35.5. The molecule has 9 atom stereocenters. The molecule has 2 saturated heterocycles. The van der Waals surface area contributed by atoms with Gasteiger partial charge >= 0.3 is 12.1 Å². The van der Waals surface area contributed by atoms with Crippen LogP contribution < -0.4 is 15.0 Å². The Morgan fingerprint density at radius 2 is 1.94 bits per heavy atom. The first-order valence-corrected chi connectivity index (χ1v) is 20.9. The SMILES string of the molecule is COc1cc2cc(c1Cl)N(C)C(=O)C[C@H](OC(=O)[C@H](C)N(C)C(=O)CCC(C)SSC)[C@]1(C)O[C@H]1[C@H](C)[C@@H]1C[C@@](O)(NC(=O)O1)[C@H](OC)C=CC=C(C)C2. The lowest BCUT2D eigenvalue weighted by Crippen LogP contribution is -2.63. The van der Waals surface area contributed by atoms with Gasteiger partial charge in [0.25, 0.3) is 0 Å². The molecule has 3 heterocycles. The molecule has 16 heteroatoms. The molecule has 0 radical (unpaired) electrons. The molecule has 0 aliphatic carbocycles. The fraction of sp³-hybridized carbons (Fsp3) is 0.632. The largest absolute Gasteiger partial charge is 0.495 e. The van der Waals surface area contributed by atoms with Crippen LogP contribution in [0.1, 0.15) is 65.9 Å². The van der Waals surface area contributed by atoms with Crippen molar-refractivity contribution < 1.29 is 48.0 Å². The summed E-state index contributed by atoms with van der Waals surface area (Å²) >= 11 is 6.77. The number of amides is 3. The van der Waals surface area contributed by atoms with Crippen LogP contribution in [0.5, 0.6) is 5.75 Å². The van der Waals surface area contributed by atoms with E-state index in [9.17, 15) is 24.3 Å². The summed E-state index contributed by atoms with van der Waals surface area (Å²) in [6.45, 7) is 9.09. The summed E-state index contributed by atoms with van der Waals surface area (Å²) in [5.74, 6) is -1.48. The second-order valence-electron chi connectivity index (χ2n) is 14.5. The molecule has 2 N–H and O–H groups in total. The molecular formula is C38H54ClN3O10S2. The number of nitrogens with zero attached hydrogens (tertiary/aromatic N) is 2. The van der Waals surface area contributed by atoms with E-state index in [4.69, 9.17) is 35.3 Å². The number of hydrogen-bond acceptors (Lipinski definition) is 12. The summed E-state index contributed by atoms with van der Waals surface area (Å²) in [6.07, 6.45) is 3.89. The Morgan fingerprint density at radius 3 is 2.59 bits per heavy atom. The highest BCUT2D eigenvalue weighted by molar-refractivity contribution is 8.76. The maximum absolute atomic E-state index is 14.2. The van der Waals surface area contributed by atoms with Crippen molar-refractivity contribution in [3.8, 4) is 5.75 Å². The smallest absolute Gasteiger partial charge is 0.409 e. The molecule has 0 saturated carbocycles. The third-order valence-electron chi connectivity index (χ3n) is 10.5. The van der Waals surface area contributed by atoms with E-state index in [1.807, 2.05) is 33.1 Å². The quantitative estimate of drug-likeness (QED) is 0.169. The second kappa shape index (κ2) is 18.3.